The predicted molar refractivity (Wildman–Crippen MR) is 120 cm³/mol. The smallest absolute Gasteiger partial charge is 0.234 e. The molecule has 3 atom stereocenters. The molecule has 0 aliphatic carbocycles. The number of nitrogens with one attached hydrogen (secondary N) is 3. The van der Waals surface area contributed by atoms with Crippen LogP contribution in [0.25, 0.3) is 0 Å². The highest BCUT2D eigenvalue weighted by Gasteiger charge is 2.44. The molecule has 3 aliphatic heterocycles. The third kappa shape index (κ3) is 4.03. The molecule has 3 heterocycles. The number of rotatable bonds is 4. The highest BCUT2D eigenvalue weighted by Crippen LogP contribution is 2.35. The van der Waals surface area contributed by atoms with Gasteiger partial charge in [-0.25, -0.2) is 14.2 Å². The van der Waals surface area contributed by atoms with Crippen molar-refractivity contribution in [2.75, 3.05) is 11.1 Å². The number of amides is 1. The minimum absolute atomic E-state index is 0.0731. The second-order valence-electron chi connectivity index (χ2n) is 7.91. The van der Waals surface area contributed by atoms with Crippen molar-refractivity contribution >= 4 is 28.5 Å². The van der Waals surface area contributed by atoms with Crippen LogP contribution in [0.2, 0.25) is 0 Å². The van der Waals surface area contributed by atoms with Gasteiger partial charge in [0.2, 0.25) is 5.91 Å². The van der Waals surface area contributed by atoms with Crippen LogP contribution in [-0.2, 0) is 4.79 Å². The number of hydrogen-bond donors (Lipinski definition) is 3. The summed E-state index contributed by atoms with van der Waals surface area (Å²) in [6.45, 7) is 1.82. The van der Waals surface area contributed by atoms with Crippen molar-refractivity contribution in [3.8, 4) is 0 Å². The fraction of sp³-hybridized carbons (Fsp3) is 0.273. The Morgan fingerprint density at radius 1 is 1.19 bits per heavy atom. The Kier molecular flexibility index (Phi) is 5.48. The third-order valence-corrected chi connectivity index (χ3v) is 6.75. The molecule has 2 aromatic rings. The Bertz CT molecular complexity index is 1090. The van der Waals surface area contributed by atoms with Crippen LogP contribution in [0.4, 0.5) is 14.5 Å². The van der Waals surface area contributed by atoms with Gasteiger partial charge in [-0.2, -0.15) is 5.10 Å². The number of hydrogen-bond acceptors (Lipinski definition) is 7. The van der Waals surface area contributed by atoms with E-state index < -0.39 is 5.82 Å². The van der Waals surface area contributed by atoms with Crippen molar-refractivity contribution in [1.29, 1.82) is 0 Å². The van der Waals surface area contributed by atoms with Gasteiger partial charge in [0.1, 0.15) is 17.8 Å². The molecule has 166 valence electrons. The zero-order valence-electron chi connectivity index (χ0n) is 17.3. The van der Waals surface area contributed by atoms with E-state index >= 15 is 0 Å². The first-order valence-corrected chi connectivity index (χ1v) is 11.2. The molecule has 3 aliphatic rings. The summed E-state index contributed by atoms with van der Waals surface area (Å²) < 4.78 is 26.7. The number of hydrazone groups is 1. The van der Waals surface area contributed by atoms with Crippen molar-refractivity contribution in [2.45, 2.75) is 31.6 Å². The number of thioether (sulfide) groups is 1. The number of anilines is 1. The molecule has 0 spiro atoms. The zero-order valence-corrected chi connectivity index (χ0v) is 18.1. The van der Waals surface area contributed by atoms with Gasteiger partial charge in [0.25, 0.3) is 0 Å². The monoisotopic (exact) mass is 456 g/mol. The van der Waals surface area contributed by atoms with Crippen LogP contribution in [0, 0.1) is 18.6 Å². The number of hydrazine groups is 1. The maximum absolute atomic E-state index is 13.5. The molecule has 0 bridgehead atoms. The lowest BCUT2D eigenvalue weighted by molar-refractivity contribution is -0.113. The van der Waals surface area contributed by atoms with Gasteiger partial charge in [-0.1, -0.05) is 30.0 Å². The number of amidine groups is 1. The van der Waals surface area contributed by atoms with Gasteiger partial charge in [0.05, 0.1) is 17.8 Å². The van der Waals surface area contributed by atoms with Crippen molar-refractivity contribution in [3.05, 3.63) is 77.6 Å². The summed E-state index contributed by atoms with van der Waals surface area (Å²) in [5.74, 6) is -0.716. The van der Waals surface area contributed by atoms with E-state index in [1.54, 1.807) is 18.2 Å². The van der Waals surface area contributed by atoms with E-state index in [1.165, 1.54) is 36.0 Å². The van der Waals surface area contributed by atoms with E-state index in [2.05, 4.69) is 21.3 Å². The van der Waals surface area contributed by atoms with Gasteiger partial charge in [0, 0.05) is 18.1 Å². The quantitative estimate of drug-likeness (QED) is 0.656. The lowest BCUT2D eigenvalue weighted by atomic mass is 10.00. The molecule has 3 N–H and O–H groups in total. The van der Waals surface area contributed by atoms with Crippen molar-refractivity contribution < 1.29 is 13.6 Å². The lowest BCUT2D eigenvalue weighted by Crippen LogP contribution is -2.54. The summed E-state index contributed by atoms with van der Waals surface area (Å²) in [5.41, 5.74) is 8.91. The maximum atomic E-state index is 13.5. The van der Waals surface area contributed by atoms with E-state index in [0.717, 1.165) is 17.5 Å². The largest absolute Gasteiger partial charge is 0.325 e. The van der Waals surface area contributed by atoms with Crippen LogP contribution in [0.5, 0.6) is 0 Å². The summed E-state index contributed by atoms with van der Waals surface area (Å²) >= 11 is 1.32. The number of nitrogens with zero attached hydrogens (tertiary/aromatic N) is 3. The van der Waals surface area contributed by atoms with Gasteiger partial charge >= 0.3 is 0 Å². The molecule has 5 rings (SSSR count). The first-order chi connectivity index (χ1) is 15.5. The molecular formula is C22H22F2N6OS. The second-order valence-corrected chi connectivity index (χ2v) is 8.86. The Labute approximate surface area is 188 Å². The average Bonchev–Trinajstić information content (AvgIpc) is 3.39. The van der Waals surface area contributed by atoms with Crippen LogP contribution >= 0.6 is 11.8 Å². The van der Waals surface area contributed by atoms with Gasteiger partial charge in [-0.15, -0.1) is 0 Å². The summed E-state index contributed by atoms with van der Waals surface area (Å²) in [5, 5.41) is 9.92. The summed E-state index contributed by atoms with van der Waals surface area (Å²) in [6.07, 6.45) is 4.61. The van der Waals surface area contributed by atoms with Gasteiger partial charge in [-0.05, 0) is 48.7 Å². The minimum atomic E-state index is -0.391. The lowest BCUT2D eigenvalue weighted by Gasteiger charge is -2.36. The van der Waals surface area contributed by atoms with Crippen LogP contribution in [-0.4, -0.2) is 38.9 Å². The van der Waals surface area contributed by atoms with Crippen molar-refractivity contribution in [2.24, 2.45) is 5.10 Å². The van der Waals surface area contributed by atoms with E-state index in [4.69, 9.17) is 0 Å². The molecule has 7 nitrogen and oxygen atoms in total. The van der Waals surface area contributed by atoms with Crippen molar-refractivity contribution in [1.82, 2.24) is 20.8 Å². The maximum Gasteiger partial charge on any atom is 0.234 e. The molecular weight excluding hydrogens is 434 g/mol. The molecule has 0 saturated carbocycles. The summed E-state index contributed by atoms with van der Waals surface area (Å²) in [7, 11) is 0. The highest BCUT2D eigenvalue weighted by molar-refractivity contribution is 8.14. The van der Waals surface area contributed by atoms with Gasteiger partial charge in [0.15, 0.2) is 5.17 Å². The Balaban J connectivity index is 1.19. The fourth-order valence-electron chi connectivity index (χ4n) is 4.11. The second kappa shape index (κ2) is 8.44. The Morgan fingerprint density at radius 3 is 2.78 bits per heavy atom. The Morgan fingerprint density at radius 2 is 1.97 bits per heavy atom. The topological polar surface area (TPSA) is 72.0 Å². The zero-order chi connectivity index (χ0) is 22.2. The molecule has 2 aromatic carbocycles. The van der Waals surface area contributed by atoms with E-state index in [1.807, 2.05) is 29.2 Å². The molecule has 32 heavy (non-hydrogen) atoms. The molecule has 1 saturated heterocycles. The highest BCUT2D eigenvalue weighted by atomic mass is 32.2. The number of halogens is 2. The number of aryl methyl sites for hydroxylation is 1. The number of benzene rings is 2. The van der Waals surface area contributed by atoms with E-state index in [9.17, 15) is 13.6 Å². The SMILES string of the molecule is Cc1ccc(F)cc1NC(=O)CSC1=NNC2C3CC(c4ccc(F)cc4)NN3C=CN12. The van der Waals surface area contributed by atoms with Crippen LogP contribution in [0.15, 0.2) is 60.0 Å². The molecule has 0 radical (unpaired) electrons. The predicted octanol–water partition coefficient (Wildman–Crippen LogP) is 3.25. The summed E-state index contributed by atoms with van der Waals surface area (Å²) in [6, 6.07) is 11.0. The standard InChI is InChI=1S/C22H22F2N6OS/c1-13-2-5-16(24)10-17(13)25-20(31)12-32-22-27-26-21-19-11-18(14-3-6-15(23)7-4-14)28-30(19)9-8-29(21)22/h2-10,18-19,21,26,28H,11-12H2,1H3,(H,25,31). The van der Waals surface area contributed by atoms with Crippen LogP contribution in [0.1, 0.15) is 23.6 Å². The molecule has 0 aromatic heterocycles. The number of fused-ring (bicyclic) bond motifs is 3. The molecule has 3 unspecified atom stereocenters. The number of carbonyl (C=O) groups excluding carboxylic acids is 1. The number of carbonyl (C=O) groups is 1. The average molecular weight is 457 g/mol. The Hall–Kier alpha value is -3.11. The van der Waals surface area contributed by atoms with E-state index in [-0.39, 0.29) is 35.7 Å². The molecule has 10 heteroatoms. The third-order valence-electron chi connectivity index (χ3n) is 5.78. The van der Waals surface area contributed by atoms with Gasteiger partial charge in [-0.3, -0.25) is 10.2 Å². The van der Waals surface area contributed by atoms with Crippen LogP contribution < -0.4 is 16.2 Å². The first-order valence-electron chi connectivity index (χ1n) is 10.3. The molecule has 1 fully saturated rings. The fourth-order valence-corrected chi connectivity index (χ4v) is 4.88. The van der Waals surface area contributed by atoms with Crippen molar-refractivity contribution in [3.63, 3.8) is 0 Å². The normalized spacial score (nSPS) is 23.5. The minimum Gasteiger partial charge on any atom is -0.325 e. The summed E-state index contributed by atoms with van der Waals surface area (Å²) in [4.78, 5) is 14.4. The van der Waals surface area contributed by atoms with Crippen LogP contribution in [0.3, 0.4) is 0 Å². The van der Waals surface area contributed by atoms with Gasteiger partial charge < -0.3 is 15.2 Å². The van der Waals surface area contributed by atoms with E-state index in [0.29, 0.717) is 10.9 Å². The molecule has 1 amide bonds. The first kappa shape index (κ1) is 20.8.